The Hall–Kier alpha value is -1.11. The van der Waals surface area contributed by atoms with Crippen molar-refractivity contribution in [1.82, 2.24) is 4.47 Å². The van der Waals surface area contributed by atoms with Gasteiger partial charge in [-0.2, -0.15) is 0 Å². The Labute approximate surface area is 94.8 Å². The number of anilines is 1. The summed E-state index contributed by atoms with van der Waals surface area (Å²) in [6, 6.07) is 5.03. The molecular weight excluding hydrogens is 228 g/mol. The molecule has 0 amide bonds. The van der Waals surface area contributed by atoms with Crippen LogP contribution in [-0.2, 0) is 14.9 Å². The largest absolute Gasteiger partial charge is 0.398 e. The first-order valence-electron chi connectivity index (χ1n) is 5.04. The molecule has 1 saturated heterocycles. The van der Waals surface area contributed by atoms with E-state index in [1.54, 1.807) is 25.1 Å². The highest BCUT2D eigenvalue weighted by Crippen LogP contribution is 2.27. The summed E-state index contributed by atoms with van der Waals surface area (Å²) in [6.45, 7) is 2.54. The Balaban J connectivity index is 2.50. The van der Waals surface area contributed by atoms with Crippen molar-refractivity contribution >= 4 is 15.7 Å². The fraction of sp³-hybridized carbons (Fsp3) is 0.400. The first-order chi connectivity index (χ1) is 7.53. The van der Waals surface area contributed by atoms with E-state index in [0.717, 1.165) is 4.47 Å². The van der Waals surface area contributed by atoms with Crippen molar-refractivity contribution in [2.24, 2.45) is 0 Å². The maximum atomic E-state index is 12.2. The molecule has 1 fully saturated rings. The highest BCUT2D eigenvalue weighted by atomic mass is 32.2. The second-order valence-electron chi connectivity index (χ2n) is 3.71. The van der Waals surface area contributed by atoms with Gasteiger partial charge in [0.15, 0.2) is 0 Å². The molecule has 2 rings (SSSR count). The van der Waals surface area contributed by atoms with Gasteiger partial charge in [0, 0.05) is 6.54 Å². The van der Waals surface area contributed by atoms with Crippen molar-refractivity contribution in [2.45, 2.75) is 18.2 Å². The van der Waals surface area contributed by atoms with E-state index in [-0.39, 0.29) is 10.6 Å². The predicted octanol–water partition coefficient (Wildman–Crippen LogP) is 0.903. The smallest absolute Gasteiger partial charge is 0.267 e. The van der Waals surface area contributed by atoms with Gasteiger partial charge in [0.25, 0.3) is 10.0 Å². The SMILES string of the molecule is Cc1cccc(N)c1S(=O)(=O)N1CCCO1. The fourth-order valence-corrected chi connectivity index (χ4v) is 3.37. The van der Waals surface area contributed by atoms with Crippen LogP contribution in [0.2, 0.25) is 0 Å². The van der Waals surface area contributed by atoms with Crippen LogP contribution in [0.25, 0.3) is 0 Å². The lowest BCUT2D eigenvalue weighted by atomic mass is 10.2. The van der Waals surface area contributed by atoms with Gasteiger partial charge >= 0.3 is 0 Å². The summed E-state index contributed by atoms with van der Waals surface area (Å²) in [7, 11) is -3.61. The average Bonchev–Trinajstić information content (AvgIpc) is 2.69. The zero-order valence-corrected chi connectivity index (χ0v) is 9.83. The Morgan fingerprint density at radius 2 is 2.19 bits per heavy atom. The number of nitrogen functional groups attached to an aromatic ring is 1. The van der Waals surface area contributed by atoms with Gasteiger partial charge in [0.05, 0.1) is 12.3 Å². The van der Waals surface area contributed by atoms with Gasteiger partial charge < -0.3 is 5.73 Å². The van der Waals surface area contributed by atoms with Crippen molar-refractivity contribution in [3.05, 3.63) is 23.8 Å². The van der Waals surface area contributed by atoms with Crippen LogP contribution in [0.3, 0.4) is 0 Å². The minimum Gasteiger partial charge on any atom is -0.398 e. The molecule has 0 radical (unpaired) electrons. The standard InChI is InChI=1S/C10H14N2O3S/c1-8-4-2-5-9(11)10(8)16(13,14)12-6-3-7-15-12/h2,4-5H,3,6-7,11H2,1H3. The third-order valence-electron chi connectivity index (χ3n) is 2.49. The maximum absolute atomic E-state index is 12.2. The summed E-state index contributed by atoms with van der Waals surface area (Å²) in [6.07, 6.45) is 0.713. The van der Waals surface area contributed by atoms with Crippen LogP contribution in [0, 0.1) is 6.92 Å². The molecule has 0 atom stereocenters. The lowest BCUT2D eigenvalue weighted by Gasteiger charge is -2.17. The highest BCUT2D eigenvalue weighted by molar-refractivity contribution is 7.89. The van der Waals surface area contributed by atoms with E-state index >= 15 is 0 Å². The topological polar surface area (TPSA) is 72.6 Å². The Bertz CT molecular complexity index is 473. The Morgan fingerprint density at radius 1 is 1.44 bits per heavy atom. The lowest BCUT2D eigenvalue weighted by molar-refractivity contribution is -0.0284. The van der Waals surface area contributed by atoms with Gasteiger partial charge in [-0.1, -0.05) is 16.6 Å². The number of hydroxylamine groups is 1. The predicted molar refractivity (Wildman–Crippen MR) is 60.1 cm³/mol. The minimum atomic E-state index is -3.61. The first-order valence-corrected chi connectivity index (χ1v) is 6.48. The van der Waals surface area contributed by atoms with Crippen LogP contribution in [0.15, 0.2) is 23.1 Å². The number of hydrogen-bond donors (Lipinski definition) is 1. The average molecular weight is 242 g/mol. The molecular formula is C10H14N2O3S. The van der Waals surface area contributed by atoms with E-state index in [1.165, 1.54) is 0 Å². The zero-order valence-electron chi connectivity index (χ0n) is 9.01. The van der Waals surface area contributed by atoms with Gasteiger partial charge in [-0.15, -0.1) is 0 Å². The second kappa shape index (κ2) is 4.04. The molecule has 1 aromatic carbocycles. The number of nitrogens with zero attached hydrogens (tertiary/aromatic N) is 1. The molecule has 0 unspecified atom stereocenters. The zero-order chi connectivity index (χ0) is 11.8. The van der Waals surface area contributed by atoms with E-state index in [9.17, 15) is 8.42 Å². The molecule has 0 saturated carbocycles. The first kappa shape index (κ1) is 11.4. The van der Waals surface area contributed by atoms with Crippen molar-refractivity contribution in [1.29, 1.82) is 0 Å². The molecule has 5 nitrogen and oxygen atoms in total. The Kier molecular flexibility index (Phi) is 2.88. The molecule has 0 spiro atoms. The van der Waals surface area contributed by atoms with E-state index in [0.29, 0.717) is 25.1 Å². The van der Waals surface area contributed by atoms with E-state index < -0.39 is 10.0 Å². The second-order valence-corrected chi connectivity index (χ2v) is 5.48. The Morgan fingerprint density at radius 3 is 2.75 bits per heavy atom. The summed E-state index contributed by atoms with van der Waals surface area (Å²) in [5, 5.41) is 0. The molecule has 1 heterocycles. The summed E-state index contributed by atoms with van der Waals surface area (Å²) < 4.78 is 25.4. The third kappa shape index (κ3) is 1.79. The van der Waals surface area contributed by atoms with E-state index in [4.69, 9.17) is 10.6 Å². The van der Waals surface area contributed by atoms with Crippen molar-refractivity contribution < 1.29 is 13.3 Å². The van der Waals surface area contributed by atoms with Crippen LogP contribution >= 0.6 is 0 Å². The molecule has 2 N–H and O–H groups in total. The molecule has 0 bridgehead atoms. The van der Waals surface area contributed by atoms with Crippen molar-refractivity contribution in [2.75, 3.05) is 18.9 Å². The van der Waals surface area contributed by atoms with Crippen molar-refractivity contribution in [3.8, 4) is 0 Å². The quantitative estimate of drug-likeness (QED) is 0.782. The molecule has 16 heavy (non-hydrogen) atoms. The summed E-state index contributed by atoms with van der Waals surface area (Å²) in [5.41, 5.74) is 6.61. The minimum absolute atomic E-state index is 0.150. The number of aryl methyl sites for hydroxylation is 1. The summed E-state index contributed by atoms with van der Waals surface area (Å²) >= 11 is 0. The number of sulfonamides is 1. The van der Waals surface area contributed by atoms with Crippen LogP contribution < -0.4 is 5.73 Å². The molecule has 1 aliphatic rings. The molecule has 6 heteroatoms. The molecule has 1 aromatic rings. The molecule has 1 aliphatic heterocycles. The lowest BCUT2D eigenvalue weighted by Crippen LogP contribution is -2.28. The molecule has 88 valence electrons. The number of nitrogens with two attached hydrogens (primary N) is 1. The third-order valence-corrected chi connectivity index (χ3v) is 4.39. The number of hydrogen-bond acceptors (Lipinski definition) is 4. The van der Waals surface area contributed by atoms with E-state index in [2.05, 4.69) is 0 Å². The van der Waals surface area contributed by atoms with Crippen LogP contribution in [0.4, 0.5) is 5.69 Å². The highest BCUT2D eigenvalue weighted by Gasteiger charge is 2.31. The number of benzene rings is 1. The molecule has 0 aromatic heterocycles. The fourth-order valence-electron chi connectivity index (χ4n) is 1.74. The molecule has 0 aliphatic carbocycles. The maximum Gasteiger partial charge on any atom is 0.267 e. The van der Waals surface area contributed by atoms with Gasteiger partial charge in [0.2, 0.25) is 0 Å². The summed E-state index contributed by atoms with van der Waals surface area (Å²) in [4.78, 5) is 5.22. The van der Waals surface area contributed by atoms with Gasteiger partial charge in [-0.3, -0.25) is 4.84 Å². The summed E-state index contributed by atoms with van der Waals surface area (Å²) in [5.74, 6) is 0. The van der Waals surface area contributed by atoms with Gasteiger partial charge in [-0.25, -0.2) is 8.42 Å². The monoisotopic (exact) mass is 242 g/mol. The van der Waals surface area contributed by atoms with E-state index in [1.807, 2.05) is 0 Å². The van der Waals surface area contributed by atoms with Crippen LogP contribution in [0.5, 0.6) is 0 Å². The van der Waals surface area contributed by atoms with Crippen molar-refractivity contribution in [3.63, 3.8) is 0 Å². The normalized spacial score (nSPS) is 17.8. The number of rotatable bonds is 2. The van der Waals surface area contributed by atoms with Crippen LogP contribution in [-0.4, -0.2) is 26.0 Å². The van der Waals surface area contributed by atoms with Gasteiger partial charge in [0.1, 0.15) is 4.90 Å². The van der Waals surface area contributed by atoms with Crippen LogP contribution in [0.1, 0.15) is 12.0 Å². The van der Waals surface area contributed by atoms with Gasteiger partial charge in [-0.05, 0) is 25.0 Å².